The number of ether oxygens (including phenoxy) is 3. The Morgan fingerprint density at radius 2 is 1.82 bits per heavy atom. The highest BCUT2D eigenvalue weighted by molar-refractivity contribution is 6.30. The highest BCUT2D eigenvalue weighted by Gasteiger charge is 2.17. The number of benzene rings is 3. The number of amides is 2. The van der Waals surface area contributed by atoms with Crippen molar-refractivity contribution in [2.24, 2.45) is 5.10 Å². The van der Waals surface area contributed by atoms with Crippen LogP contribution in [0.5, 0.6) is 17.2 Å². The number of nitrogens with one attached hydrogen (secondary N) is 2. The first-order valence-electron chi connectivity index (χ1n) is 10.2. The van der Waals surface area contributed by atoms with E-state index in [2.05, 4.69) is 15.8 Å². The van der Waals surface area contributed by atoms with E-state index in [1.165, 1.54) is 19.4 Å². The van der Waals surface area contributed by atoms with E-state index in [1.54, 1.807) is 66.7 Å². The summed E-state index contributed by atoms with van der Waals surface area (Å²) in [4.78, 5) is 25.6. The van der Waals surface area contributed by atoms with Crippen molar-refractivity contribution in [3.8, 4) is 17.2 Å². The molecular weight excluding hydrogens is 458 g/mol. The Hall–Kier alpha value is -4.30. The maximum absolute atomic E-state index is 12.9. The lowest BCUT2D eigenvalue weighted by Gasteiger charge is -2.10. The van der Waals surface area contributed by atoms with E-state index in [-0.39, 0.29) is 12.5 Å². The summed E-state index contributed by atoms with van der Waals surface area (Å²) in [6, 6.07) is 18.8. The van der Waals surface area contributed by atoms with E-state index in [1.807, 2.05) is 0 Å². The summed E-state index contributed by atoms with van der Waals surface area (Å²) in [5.74, 6) is 0.629. The molecule has 0 atom stereocenters. The molecule has 1 aliphatic rings. The van der Waals surface area contributed by atoms with Crippen LogP contribution in [0.4, 0.5) is 0 Å². The van der Waals surface area contributed by atoms with Gasteiger partial charge >= 0.3 is 0 Å². The van der Waals surface area contributed by atoms with Crippen LogP contribution in [0.25, 0.3) is 6.08 Å². The van der Waals surface area contributed by atoms with Gasteiger partial charge in [-0.25, -0.2) is 5.43 Å². The minimum atomic E-state index is -0.626. The van der Waals surface area contributed by atoms with Crippen LogP contribution < -0.4 is 25.0 Å². The van der Waals surface area contributed by atoms with Gasteiger partial charge in [0, 0.05) is 16.1 Å². The Kier molecular flexibility index (Phi) is 7.10. The average Bonchev–Trinajstić information content (AvgIpc) is 3.32. The predicted octanol–water partition coefficient (Wildman–Crippen LogP) is 4.00. The first-order chi connectivity index (χ1) is 16.5. The zero-order valence-electron chi connectivity index (χ0n) is 18.1. The second-order valence-corrected chi connectivity index (χ2v) is 7.51. The number of methoxy groups -OCH3 is 1. The van der Waals surface area contributed by atoms with E-state index in [0.717, 1.165) is 0 Å². The number of hydrogen-bond donors (Lipinski definition) is 2. The molecule has 8 nitrogen and oxygen atoms in total. The number of fused-ring (bicyclic) bond motifs is 1. The largest absolute Gasteiger partial charge is 0.496 e. The smallest absolute Gasteiger partial charge is 0.287 e. The Labute approximate surface area is 200 Å². The first kappa shape index (κ1) is 22.9. The summed E-state index contributed by atoms with van der Waals surface area (Å²) < 4.78 is 16.0. The molecule has 2 amide bonds. The lowest BCUT2D eigenvalue weighted by molar-refractivity contribution is -0.117. The fourth-order valence-electron chi connectivity index (χ4n) is 3.14. The molecule has 0 unspecified atom stereocenters. The molecule has 0 aliphatic carbocycles. The van der Waals surface area contributed by atoms with Gasteiger partial charge in [-0.3, -0.25) is 9.59 Å². The van der Waals surface area contributed by atoms with Crippen molar-refractivity contribution in [2.75, 3.05) is 13.9 Å². The third kappa shape index (κ3) is 5.54. The molecule has 3 aromatic rings. The molecule has 0 aromatic heterocycles. The number of halogens is 1. The van der Waals surface area contributed by atoms with E-state index in [4.69, 9.17) is 25.8 Å². The zero-order chi connectivity index (χ0) is 23.9. The normalized spacial score (nSPS) is 12.5. The molecule has 3 aromatic carbocycles. The minimum Gasteiger partial charge on any atom is -0.496 e. The van der Waals surface area contributed by atoms with Gasteiger partial charge in [0.2, 0.25) is 6.79 Å². The summed E-state index contributed by atoms with van der Waals surface area (Å²) in [6.07, 6.45) is 2.92. The van der Waals surface area contributed by atoms with Gasteiger partial charge in [0.05, 0.1) is 13.3 Å². The van der Waals surface area contributed by atoms with Gasteiger partial charge in [-0.15, -0.1) is 0 Å². The molecule has 0 saturated carbocycles. The van der Waals surface area contributed by atoms with Crippen LogP contribution in [-0.2, 0) is 4.79 Å². The number of hydrogen-bond acceptors (Lipinski definition) is 6. The summed E-state index contributed by atoms with van der Waals surface area (Å²) in [5, 5.41) is 7.13. The average molecular weight is 478 g/mol. The van der Waals surface area contributed by atoms with Gasteiger partial charge in [-0.05, 0) is 54.1 Å². The molecule has 1 aliphatic heterocycles. The summed E-state index contributed by atoms with van der Waals surface area (Å²) in [5.41, 5.74) is 4.02. The monoisotopic (exact) mass is 477 g/mol. The van der Waals surface area contributed by atoms with Crippen molar-refractivity contribution < 1.29 is 23.8 Å². The molecule has 1 heterocycles. The van der Waals surface area contributed by atoms with Crippen LogP contribution in [0.1, 0.15) is 21.5 Å². The van der Waals surface area contributed by atoms with Crippen molar-refractivity contribution >= 4 is 35.7 Å². The van der Waals surface area contributed by atoms with Crippen LogP contribution in [0.3, 0.4) is 0 Å². The zero-order valence-corrected chi connectivity index (χ0v) is 18.8. The van der Waals surface area contributed by atoms with Gasteiger partial charge in [0.25, 0.3) is 11.8 Å². The van der Waals surface area contributed by atoms with Gasteiger partial charge < -0.3 is 19.5 Å². The third-order valence-corrected chi connectivity index (χ3v) is 5.03. The van der Waals surface area contributed by atoms with Crippen molar-refractivity contribution in [3.05, 3.63) is 94.1 Å². The maximum atomic E-state index is 12.9. The number of hydrazone groups is 1. The Balaban J connectivity index is 1.57. The molecule has 0 fully saturated rings. The van der Waals surface area contributed by atoms with Crippen molar-refractivity contribution in [1.29, 1.82) is 0 Å². The van der Waals surface area contributed by atoms with Crippen LogP contribution in [0, 0.1) is 0 Å². The van der Waals surface area contributed by atoms with Crippen molar-refractivity contribution in [2.45, 2.75) is 0 Å². The van der Waals surface area contributed by atoms with Crippen LogP contribution >= 0.6 is 11.6 Å². The molecule has 4 rings (SSSR count). The number of rotatable bonds is 7. The first-order valence-corrected chi connectivity index (χ1v) is 10.6. The summed E-state index contributed by atoms with van der Waals surface area (Å²) in [6.45, 7) is 0.127. The topological polar surface area (TPSA) is 98.2 Å². The molecule has 0 radical (unpaired) electrons. The SMILES string of the molecule is COc1ccc(Cl)cc1/C=N\NC(=O)/C(=C\c1ccc2c(c1)OCO2)NC(=O)c1ccccc1. The molecule has 172 valence electrons. The maximum Gasteiger partial charge on any atom is 0.287 e. The summed E-state index contributed by atoms with van der Waals surface area (Å²) in [7, 11) is 1.52. The lowest BCUT2D eigenvalue weighted by atomic mass is 10.1. The molecule has 0 saturated heterocycles. The highest BCUT2D eigenvalue weighted by atomic mass is 35.5. The molecular formula is C25H20ClN3O5. The summed E-state index contributed by atoms with van der Waals surface area (Å²) >= 11 is 6.03. The molecule has 34 heavy (non-hydrogen) atoms. The fraction of sp³-hybridized carbons (Fsp3) is 0.0800. The van der Waals surface area contributed by atoms with Gasteiger partial charge in [0.15, 0.2) is 11.5 Å². The third-order valence-electron chi connectivity index (χ3n) is 4.80. The predicted molar refractivity (Wildman–Crippen MR) is 128 cm³/mol. The van der Waals surface area contributed by atoms with E-state index in [0.29, 0.717) is 39.0 Å². The van der Waals surface area contributed by atoms with Crippen LogP contribution in [0.15, 0.2) is 77.5 Å². The van der Waals surface area contributed by atoms with Crippen molar-refractivity contribution in [1.82, 2.24) is 10.7 Å². The Morgan fingerprint density at radius 1 is 1.03 bits per heavy atom. The van der Waals surface area contributed by atoms with Crippen LogP contribution in [0.2, 0.25) is 5.02 Å². The van der Waals surface area contributed by atoms with Gasteiger partial charge in [0.1, 0.15) is 11.4 Å². The van der Waals surface area contributed by atoms with Gasteiger partial charge in [-0.2, -0.15) is 5.10 Å². The van der Waals surface area contributed by atoms with Crippen molar-refractivity contribution in [3.63, 3.8) is 0 Å². The quantitative estimate of drug-likeness (QED) is 0.304. The van der Waals surface area contributed by atoms with E-state index in [9.17, 15) is 9.59 Å². The Bertz CT molecular complexity index is 1270. The number of carbonyl (C=O) groups is 2. The molecule has 9 heteroatoms. The lowest BCUT2D eigenvalue weighted by Crippen LogP contribution is -2.32. The van der Waals surface area contributed by atoms with Crippen LogP contribution in [-0.4, -0.2) is 31.9 Å². The second-order valence-electron chi connectivity index (χ2n) is 7.08. The second kappa shape index (κ2) is 10.5. The number of carbonyl (C=O) groups excluding carboxylic acids is 2. The molecule has 0 spiro atoms. The van der Waals surface area contributed by atoms with Gasteiger partial charge in [-0.1, -0.05) is 35.9 Å². The highest BCUT2D eigenvalue weighted by Crippen LogP contribution is 2.33. The number of nitrogens with zero attached hydrogens (tertiary/aromatic N) is 1. The fourth-order valence-corrected chi connectivity index (χ4v) is 3.32. The van der Waals surface area contributed by atoms with E-state index >= 15 is 0 Å². The van der Waals surface area contributed by atoms with E-state index < -0.39 is 11.8 Å². The Morgan fingerprint density at radius 3 is 2.62 bits per heavy atom. The molecule has 2 N–H and O–H groups in total. The standard InChI is InChI=1S/C25H20ClN3O5/c1-32-21-10-8-19(26)13-18(21)14-27-29-25(31)20(28-24(30)17-5-3-2-4-6-17)11-16-7-9-22-23(12-16)34-15-33-22/h2-14H,15H2,1H3,(H,28,30)(H,29,31)/b20-11+,27-14-. The minimum absolute atomic E-state index is 0.0112. The molecule has 0 bridgehead atoms.